The van der Waals surface area contributed by atoms with Gasteiger partial charge < -0.3 is 0 Å². The Balaban J connectivity index is 2.54. The van der Waals surface area contributed by atoms with E-state index >= 15 is 0 Å². The number of alkyl halides is 3. The summed E-state index contributed by atoms with van der Waals surface area (Å²) in [6.07, 6.45) is -4.57. The number of halogens is 3. The monoisotopic (exact) mass is 272 g/mol. The first-order valence-corrected chi connectivity index (χ1v) is 5.55. The van der Waals surface area contributed by atoms with Crippen LogP contribution in [0, 0.1) is 17.9 Å². The van der Waals surface area contributed by atoms with Gasteiger partial charge in [0, 0.05) is 0 Å². The minimum atomic E-state index is -4.57. The number of nitriles is 1. The molecule has 0 N–H and O–H groups in total. The summed E-state index contributed by atoms with van der Waals surface area (Å²) in [6.45, 7) is 6.78. The molecule has 2 rings (SSSR count). The lowest BCUT2D eigenvalue weighted by atomic mass is 10.0. The normalized spacial score (nSPS) is 10.7. The Morgan fingerprint density at radius 3 is 2.10 bits per heavy atom. The van der Waals surface area contributed by atoms with Crippen LogP contribution in [0.1, 0.15) is 11.1 Å². The van der Waals surface area contributed by atoms with Crippen LogP contribution in [-0.2, 0) is 6.18 Å². The van der Waals surface area contributed by atoms with Gasteiger partial charge in [-0.05, 0) is 23.3 Å². The molecule has 0 heterocycles. The molecule has 0 bridgehead atoms. The Bertz CT molecular complexity index is 717. The molecule has 0 radical (unpaired) electrons. The van der Waals surface area contributed by atoms with E-state index < -0.39 is 17.4 Å². The molecule has 0 amide bonds. The Morgan fingerprint density at radius 1 is 1.00 bits per heavy atom. The van der Waals surface area contributed by atoms with Crippen LogP contribution in [0.4, 0.5) is 18.9 Å². The topological polar surface area (TPSA) is 28.1 Å². The third kappa shape index (κ3) is 2.62. The molecule has 0 unspecified atom stereocenters. The van der Waals surface area contributed by atoms with Crippen LogP contribution in [0.15, 0.2) is 42.5 Å². The van der Waals surface area contributed by atoms with Crippen molar-refractivity contribution in [3.63, 3.8) is 0 Å². The van der Waals surface area contributed by atoms with E-state index in [-0.39, 0.29) is 0 Å². The molecule has 20 heavy (non-hydrogen) atoms. The van der Waals surface area contributed by atoms with Gasteiger partial charge >= 0.3 is 6.18 Å². The van der Waals surface area contributed by atoms with Crippen LogP contribution < -0.4 is 0 Å². The quantitative estimate of drug-likeness (QED) is 0.685. The Kier molecular flexibility index (Phi) is 3.45. The molecule has 2 aromatic rings. The zero-order chi connectivity index (χ0) is 14.8. The van der Waals surface area contributed by atoms with E-state index in [0.717, 1.165) is 12.1 Å². The van der Waals surface area contributed by atoms with E-state index in [1.54, 1.807) is 12.1 Å². The lowest BCUT2D eigenvalue weighted by Crippen LogP contribution is -2.05. The van der Waals surface area contributed by atoms with Crippen LogP contribution in [-0.4, -0.2) is 0 Å². The first-order valence-electron chi connectivity index (χ1n) is 5.55. The number of benzene rings is 2. The fourth-order valence-electron chi connectivity index (χ4n) is 1.78. The molecule has 0 saturated heterocycles. The van der Waals surface area contributed by atoms with Crippen LogP contribution in [0.25, 0.3) is 16.0 Å². The van der Waals surface area contributed by atoms with Gasteiger partial charge in [0.05, 0.1) is 23.8 Å². The van der Waals surface area contributed by atoms with Crippen LogP contribution in [0.3, 0.4) is 0 Å². The first-order chi connectivity index (χ1) is 9.45. The van der Waals surface area contributed by atoms with E-state index in [0.29, 0.717) is 16.7 Å². The summed E-state index contributed by atoms with van der Waals surface area (Å²) >= 11 is 0. The van der Waals surface area contributed by atoms with Crippen molar-refractivity contribution in [2.75, 3.05) is 0 Å². The molecular formula is C15H7F3N2. The summed E-state index contributed by atoms with van der Waals surface area (Å²) < 4.78 is 38.6. The predicted molar refractivity (Wildman–Crippen MR) is 67.9 cm³/mol. The Morgan fingerprint density at radius 2 is 1.60 bits per heavy atom. The second-order valence-corrected chi connectivity index (χ2v) is 4.03. The molecule has 0 atom stereocenters. The molecule has 0 aromatic heterocycles. The van der Waals surface area contributed by atoms with Gasteiger partial charge in [-0.1, -0.05) is 30.3 Å². The minimum Gasteiger partial charge on any atom is -0.238 e. The van der Waals surface area contributed by atoms with E-state index in [2.05, 4.69) is 4.85 Å². The van der Waals surface area contributed by atoms with Crippen molar-refractivity contribution in [3.05, 3.63) is 65.0 Å². The molecule has 2 nitrogen and oxygen atoms in total. The minimum absolute atomic E-state index is 0.356. The fourth-order valence-corrected chi connectivity index (χ4v) is 1.78. The molecule has 0 saturated carbocycles. The molecule has 0 aliphatic rings. The summed E-state index contributed by atoms with van der Waals surface area (Å²) in [5.74, 6) is 0. The first kappa shape index (κ1) is 13.6. The summed E-state index contributed by atoms with van der Waals surface area (Å²) in [5.41, 5.74) is -0.0212. The largest absolute Gasteiger partial charge is 0.407 e. The predicted octanol–water partition coefficient (Wildman–Crippen LogP) is 4.79. The van der Waals surface area contributed by atoms with Gasteiger partial charge in [0.2, 0.25) is 0 Å². The van der Waals surface area contributed by atoms with Gasteiger partial charge in [0.15, 0.2) is 5.69 Å². The lowest BCUT2D eigenvalue weighted by molar-refractivity contribution is -0.136. The summed E-state index contributed by atoms with van der Waals surface area (Å²) in [6, 6.07) is 11.7. The molecule has 98 valence electrons. The highest BCUT2D eigenvalue weighted by Crippen LogP contribution is 2.38. The standard InChI is InChI=1S/C15H7F3N2/c1-20-14-7-6-12(8-13(14)15(16,17)18)11-4-2-10(9-19)3-5-11/h2-8H. The summed E-state index contributed by atoms with van der Waals surface area (Å²) in [5, 5.41) is 8.69. The highest BCUT2D eigenvalue weighted by Gasteiger charge is 2.33. The van der Waals surface area contributed by atoms with E-state index in [9.17, 15) is 13.2 Å². The molecule has 2 aromatic carbocycles. The highest BCUT2D eigenvalue weighted by molar-refractivity contribution is 5.70. The fraction of sp³-hybridized carbons (Fsp3) is 0.0667. The average molecular weight is 272 g/mol. The second-order valence-electron chi connectivity index (χ2n) is 4.03. The smallest absolute Gasteiger partial charge is 0.238 e. The average Bonchev–Trinajstić information content (AvgIpc) is 2.46. The highest BCUT2D eigenvalue weighted by atomic mass is 19.4. The zero-order valence-electron chi connectivity index (χ0n) is 10.1. The third-order valence-electron chi connectivity index (χ3n) is 2.77. The van der Waals surface area contributed by atoms with Crippen molar-refractivity contribution in [2.24, 2.45) is 0 Å². The summed E-state index contributed by atoms with van der Waals surface area (Å²) in [4.78, 5) is 2.89. The van der Waals surface area contributed by atoms with E-state index in [1.165, 1.54) is 18.2 Å². The molecule has 0 spiro atoms. The number of nitrogens with zero attached hydrogens (tertiary/aromatic N) is 2. The number of hydrogen-bond acceptors (Lipinski definition) is 1. The van der Waals surface area contributed by atoms with Crippen molar-refractivity contribution >= 4 is 5.69 Å². The van der Waals surface area contributed by atoms with Gasteiger partial charge in [0.25, 0.3) is 0 Å². The Hall–Kier alpha value is -2.79. The van der Waals surface area contributed by atoms with Gasteiger partial charge in [-0.3, -0.25) is 0 Å². The van der Waals surface area contributed by atoms with Crippen molar-refractivity contribution < 1.29 is 13.2 Å². The SMILES string of the molecule is [C-]#[N+]c1ccc(-c2ccc(C#N)cc2)cc1C(F)(F)F. The second kappa shape index (κ2) is 5.07. The van der Waals surface area contributed by atoms with Gasteiger partial charge in [-0.15, -0.1) is 0 Å². The maximum atomic E-state index is 12.9. The number of rotatable bonds is 1. The zero-order valence-corrected chi connectivity index (χ0v) is 10.1. The van der Waals surface area contributed by atoms with Gasteiger partial charge in [0.1, 0.15) is 0 Å². The maximum absolute atomic E-state index is 12.9. The molecule has 0 aliphatic heterocycles. The number of hydrogen-bond donors (Lipinski definition) is 0. The van der Waals surface area contributed by atoms with E-state index in [4.69, 9.17) is 11.8 Å². The molecule has 5 heteroatoms. The third-order valence-corrected chi connectivity index (χ3v) is 2.77. The van der Waals surface area contributed by atoms with Crippen LogP contribution in [0.5, 0.6) is 0 Å². The van der Waals surface area contributed by atoms with E-state index in [1.807, 2.05) is 6.07 Å². The maximum Gasteiger partial charge on any atom is 0.407 e. The Labute approximate surface area is 113 Å². The molecule has 0 aliphatic carbocycles. The molecular weight excluding hydrogens is 265 g/mol. The summed E-state index contributed by atoms with van der Waals surface area (Å²) in [7, 11) is 0. The van der Waals surface area contributed by atoms with Crippen molar-refractivity contribution in [2.45, 2.75) is 6.18 Å². The van der Waals surface area contributed by atoms with Crippen LogP contribution >= 0.6 is 0 Å². The van der Waals surface area contributed by atoms with Crippen molar-refractivity contribution in [1.29, 1.82) is 5.26 Å². The van der Waals surface area contributed by atoms with Crippen molar-refractivity contribution in [1.82, 2.24) is 0 Å². The lowest BCUT2D eigenvalue weighted by Gasteiger charge is -2.11. The van der Waals surface area contributed by atoms with Gasteiger partial charge in [-0.2, -0.15) is 18.4 Å². The molecule has 0 fully saturated rings. The van der Waals surface area contributed by atoms with Gasteiger partial charge in [-0.25, -0.2) is 4.85 Å². The van der Waals surface area contributed by atoms with Crippen LogP contribution in [0.2, 0.25) is 0 Å². The van der Waals surface area contributed by atoms with Crippen molar-refractivity contribution in [3.8, 4) is 17.2 Å².